The molecular formula is C5H8FN3O3. The molecule has 7 heteroatoms. The number of aliphatic hydroxyl groups excluding tert-OH is 2. The number of aliphatic hydroxyl groups is 2. The lowest BCUT2D eigenvalue weighted by molar-refractivity contribution is -0.0198. The second kappa shape index (κ2) is 3.68. The van der Waals surface area contributed by atoms with Crippen molar-refractivity contribution < 1.29 is 19.3 Å². The number of hydrogen-bond donors (Lipinski definition) is 2. The van der Waals surface area contributed by atoms with Crippen LogP contribution in [0.1, 0.15) is 0 Å². The Morgan fingerprint density at radius 3 is 2.75 bits per heavy atom. The van der Waals surface area contributed by atoms with Crippen LogP contribution in [0.5, 0.6) is 0 Å². The molecule has 0 aliphatic carbocycles. The average molecular weight is 177 g/mol. The van der Waals surface area contributed by atoms with Gasteiger partial charge in [0, 0.05) is 4.91 Å². The normalized spacial score (nSPS) is 40.9. The minimum absolute atomic E-state index is 0.501. The Balaban J connectivity index is 2.66. The second-order valence-electron chi connectivity index (χ2n) is 2.39. The largest absolute Gasteiger partial charge is 0.394 e. The highest BCUT2D eigenvalue weighted by Gasteiger charge is 2.43. The molecule has 0 spiro atoms. The third kappa shape index (κ3) is 1.49. The summed E-state index contributed by atoms with van der Waals surface area (Å²) in [5.41, 5.74) is 7.96. The molecular weight excluding hydrogens is 169 g/mol. The van der Waals surface area contributed by atoms with Crippen LogP contribution in [0.25, 0.3) is 10.4 Å². The maximum atomic E-state index is 12.9. The number of ether oxygens (including phenoxy) is 1. The van der Waals surface area contributed by atoms with E-state index in [1.54, 1.807) is 0 Å². The maximum absolute atomic E-state index is 12.9. The summed E-state index contributed by atoms with van der Waals surface area (Å²) in [6.45, 7) is -0.501. The van der Waals surface area contributed by atoms with Gasteiger partial charge < -0.3 is 14.9 Å². The van der Waals surface area contributed by atoms with E-state index in [2.05, 4.69) is 14.8 Å². The van der Waals surface area contributed by atoms with Gasteiger partial charge in [0.1, 0.15) is 12.2 Å². The molecule has 0 aromatic carbocycles. The number of azide groups is 1. The van der Waals surface area contributed by atoms with Crippen molar-refractivity contribution in [2.75, 3.05) is 6.61 Å². The van der Waals surface area contributed by atoms with Crippen LogP contribution in [0, 0.1) is 0 Å². The van der Waals surface area contributed by atoms with E-state index in [4.69, 9.17) is 15.7 Å². The van der Waals surface area contributed by atoms with Gasteiger partial charge in [-0.2, -0.15) is 0 Å². The standard InChI is InChI=1S/C5H8FN3O3/c6-3-4(11)2(1-10)12-5(3)8-9-7/h2-5,10-11H,1H2/t2-,3+,4-,5-/m1/s1. The lowest BCUT2D eigenvalue weighted by atomic mass is 10.1. The predicted octanol–water partition coefficient (Wildman–Crippen LogP) is -0.287. The zero-order valence-electron chi connectivity index (χ0n) is 6.04. The Bertz CT molecular complexity index is 208. The number of alkyl halides is 1. The zero-order valence-corrected chi connectivity index (χ0v) is 6.04. The molecule has 1 rings (SSSR count). The predicted molar refractivity (Wildman–Crippen MR) is 35.8 cm³/mol. The van der Waals surface area contributed by atoms with Crippen molar-refractivity contribution in [1.82, 2.24) is 0 Å². The summed E-state index contributed by atoms with van der Waals surface area (Å²) in [6.07, 6.45) is -5.53. The number of nitrogens with zero attached hydrogens (tertiary/aromatic N) is 3. The molecule has 6 nitrogen and oxygen atoms in total. The molecule has 0 saturated carbocycles. The highest BCUT2D eigenvalue weighted by atomic mass is 19.1. The minimum Gasteiger partial charge on any atom is -0.394 e. The molecule has 1 aliphatic heterocycles. The molecule has 0 radical (unpaired) electrons. The van der Waals surface area contributed by atoms with Crippen molar-refractivity contribution in [2.45, 2.75) is 24.6 Å². The Morgan fingerprint density at radius 1 is 1.67 bits per heavy atom. The van der Waals surface area contributed by atoms with Crippen LogP contribution in [-0.4, -0.2) is 41.4 Å². The fourth-order valence-corrected chi connectivity index (χ4v) is 1.00. The summed E-state index contributed by atoms with van der Waals surface area (Å²) in [4.78, 5) is 2.34. The van der Waals surface area contributed by atoms with Crippen molar-refractivity contribution in [3.63, 3.8) is 0 Å². The highest BCUT2D eigenvalue weighted by molar-refractivity contribution is 4.89. The average Bonchev–Trinajstić information content (AvgIpc) is 2.33. The van der Waals surface area contributed by atoms with Gasteiger partial charge in [0.25, 0.3) is 0 Å². The summed E-state index contributed by atoms with van der Waals surface area (Å²) in [5, 5.41) is 20.5. The highest BCUT2D eigenvalue weighted by Crippen LogP contribution is 2.24. The minimum atomic E-state index is -1.77. The molecule has 0 unspecified atom stereocenters. The Labute approximate surface area is 67.2 Å². The lowest BCUT2D eigenvalue weighted by Crippen LogP contribution is -2.30. The first-order valence-electron chi connectivity index (χ1n) is 3.33. The van der Waals surface area contributed by atoms with E-state index in [0.29, 0.717) is 0 Å². The Kier molecular flexibility index (Phi) is 2.83. The first kappa shape index (κ1) is 9.21. The third-order valence-corrected chi connectivity index (χ3v) is 1.64. The van der Waals surface area contributed by atoms with E-state index < -0.39 is 31.2 Å². The Morgan fingerprint density at radius 2 is 2.33 bits per heavy atom. The van der Waals surface area contributed by atoms with Gasteiger partial charge in [-0.3, -0.25) is 0 Å². The van der Waals surface area contributed by atoms with Crippen LogP contribution in [-0.2, 0) is 4.74 Å². The van der Waals surface area contributed by atoms with Gasteiger partial charge in [-0.25, -0.2) is 4.39 Å². The molecule has 0 aromatic rings. The van der Waals surface area contributed by atoms with E-state index in [9.17, 15) is 4.39 Å². The molecule has 12 heavy (non-hydrogen) atoms. The third-order valence-electron chi connectivity index (χ3n) is 1.64. The van der Waals surface area contributed by atoms with Crippen LogP contribution in [0.3, 0.4) is 0 Å². The van der Waals surface area contributed by atoms with Crippen LogP contribution < -0.4 is 0 Å². The molecule has 1 saturated heterocycles. The fourth-order valence-electron chi connectivity index (χ4n) is 1.00. The second-order valence-corrected chi connectivity index (χ2v) is 2.39. The van der Waals surface area contributed by atoms with Crippen LogP contribution in [0.15, 0.2) is 5.11 Å². The van der Waals surface area contributed by atoms with Gasteiger partial charge in [0.15, 0.2) is 12.4 Å². The molecule has 4 atom stereocenters. The van der Waals surface area contributed by atoms with E-state index in [-0.39, 0.29) is 0 Å². The van der Waals surface area contributed by atoms with Crippen molar-refractivity contribution >= 4 is 0 Å². The van der Waals surface area contributed by atoms with E-state index in [1.807, 2.05) is 0 Å². The van der Waals surface area contributed by atoms with E-state index in [0.717, 1.165) is 0 Å². The van der Waals surface area contributed by atoms with Crippen molar-refractivity contribution in [1.29, 1.82) is 0 Å². The SMILES string of the molecule is [N-]=[N+]=N[C@@H]1O[C@H](CO)[C@@H](O)[C@@H]1F. The molecule has 2 N–H and O–H groups in total. The fraction of sp³-hybridized carbons (Fsp3) is 1.00. The summed E-state index contributed by atoms with van der Waals surface area (Å²) in [5.74, 6) is 0. The lowest BCUT2D eigenvalue weighted by Gasteiger charge is -2.08. The van der Waals surface area contributed by atoms with Crippen molar-refractivity contribution in [2.24, 2.45) is 5.11 Å². The molecule has 68 valence electrons. The summed E-state index contributed by atoms with van der Waals surface area (Å²) >= 11 is 0. The topological polar surface area (TPSA) is 98.5 Å². The molecule has 0 amide bonds. The van der Waals surface area contributed by atoms with Crippen LogP contribution >= 0.6 is 0 Å². The van der Waals surface area contributed by atoms with Crippen molar-refractivity contribution in [3.8, 4) is 0 Å². The molecule has 0 bridgehead atoms. The first-order chi connectivity index (χ1) is 5.70. The van der Waals surface area contributed by atoms with Gasteiger partial charge in [-0.15, -0.1) is 0 Å². The van der Waals surface area contributed by atoms with Gasteiger partial charge in [-0.1, -0.05) is 5.11 Å². The van der Waals surface area contributed by atoms with E-state index >= 15 is 0 Å². The van der Waals surface area contributed by atoms with Gasteiger partial charge in [0.05, 0.1) is 6.61 Å². The summed E-state index contributed by atoms with van der Waals surface area (Å²) in [7, 11) is 0. The van der Waals surface area contributed by atoms with E-state index in [1.165, 1.54) is 0 Å². The van der Waals surface area contributed by atoms with Gasteiger partial charge >= 0.3 is 0 Å². The molecule has 1 aliphatic rings. The first-order valence-corrected chi connectivity index (χ1v) is 3.33. The Hall–Kier alpha value is -0.880. The number of halogens is 1. The van der Waals surface area contributed by atoms with Crippen LogP contribution in [0.2, 0.25) is 0 Å². The smallest absolute Gasteiger partial charge is 0.170 e. The summed E-state index contributed by atoms with van der Waals surface area (Å²) in [6, 6.07) is 0. The number of rotatable bonds is 2. The van der Waals surface area contributed by atoms with Crippen LogP contribution in [0.4, 0.5) is 4.39 Å². The monoisotopic (exact) mass is 177 g/mol. The van der Waals surface area contributed by atoms with Gasteiger partial charge in [0.2, 0.25) is 0 Å². The zero-order chi connectivity index (χ0) is 9.14. The quantitative estimate of drug-likeness (QED) is 0.344. The maximum Gasteiger partial charge on any atom is 0.170 e. The molecule has 1 heterocycles. The number of hydrogen-bond acceptors (Lipinski definition) is 4. The molecule has 0 aromatic heterocycles. The van der Waals surface area contributed by atoms with Gasteiger partial charge in [-0.05, 0) is 5.53 Å². The molecule has 1 fully saturated rings. The van der Waals surface area contributed by atoms with Crippen molar-refractivity contribution in [3.05, 3.63) is 10.4 Å². The summed E-state index contributed by atoms with van der Waals surface area (Å²) < 4.78 is 17.5.